The second kappa shape index (κ2) is 4.52. The summed E-state index contributed by atoms with van der Waals surface area (Å²) in [6.07, 6.45) is -5.55. The van der Waals surface area contributed by atoms with Crippen molar-refractivity contribution < 1.29 is 27.9 Å². The van der Waals surface area contributed by atoms with Crippen LogP contribution in [0.3, 0.4) is 0 Å². The number of halogens is 3. The van der Waals surface area contributed by atoms with E-state index in [1.165, 1.54) is 0 Å². The van der Waals surface area contributed by atoms with E-state index in [-0.39, 0.29) is 19.5 Å². The Bertz CT molecular complexity index is 332. The first-order valence-corrected chi connectivity index (χ1v) is 5.02. The quantitative estimate of drug-likeness (QED) is 0.753. The van der Waals surface area contributed by atoms with Gasteiger partial charge in [0.2, 0.25) is 5.91 Å². The minimum absolute atomic E-state index is 0.0292. The fourth-order valence-electron chi connectivity index (χ4n) is 1.83. The van der Waals surface area contributed by atoms with Crippen LogP contribution in [0, 0.1) is 5.41 Å². The number of carbonyl (C=O) groups is 2. The fraction of sp³-hybridized carbons (Fsp3) is 0.778. The maximum Gasteiger partial charge on any atom is 0.406 e. The Balaban J connectivity index is 2.87. The third-order valence-electron chi connectivity index (χ3n) is 2.93. The number of nitrogens with zero attached hydrogens (tertiary/aromatic N) is 1. The van der Waals surface area contributed by atoms with E-state index in [2.05, 4.69) is 0 Å². The maximum atomic E-state index is 12.7. The number of nitrogens with two attached hydrogens (primary N) is 1. The molecule has 1 atom stereocenters. The van der Waals surface area contributed by atoms with E-state index in [4.69, 9.17) is 10.8 Å². The lowest BCUT2D eigenvalue weighted by Gasteiger charge is -2.27. The molecule has 0 saturated carbocycles. The number of carboxylic acids is 1. The predicted molar refractivity (Wildman–Crippen MR) is 51.0 cm³/mol. The molecule has 1 aliphatic rings. The predicted octanol–water partition coefficient (Wildman–Crippen LogP) is 0.201. The second-order valence-electron chi connectivity index (χ2n) is 3.99. The van der Waals surface area contributed by atoms with Crippen molar-refractivity contribution >= 4 is 11.9 Å². The Morgan fingerprint density at radius 1 is 1.41 bits per heavy atom. The van der Waals surface area contributed by atoms with E-state index >= 15 is 0 Å². The normalized spacial score (nSPS) is 25.1. The molecule has 1 fully saturated rings. The van der Waals surface area contributed by atoms with E-state index in [1.54, 1.807) is 0 Å². The van der Waals surface area contributed by atoms with E-state index < -0.39 is 36.4 Å². The van der Waals surface area contributed by atoms with Crippen LogP contribution in [0.1, 0.15) is 12.8 Å². The molecule has 1 heterocycles. The van der Waals surface area contributed by atoms with Crippen molar-refractivity contribution in [3.05, 3.63) is 0 Å². The number of alkyl halides is 3. The molecule has 98 valence electrons. The molecule has 0 aromatic rings. The van der Waals surface area contributed by atoms with Gasteiger partial charge < -0.3 is 15.7 Å². The summed E-state index contributed by atoms with van der Waals surface area (Å²) in [5.41, 5.74) is 2.29. The number of carbonyl (C=O) groups excluding carboxylic acids is 1. The highest BCUT2D eigenvalue weighted by Crippen LogP contribution is 2.45. The summed E-state index contributed by atoms with van der Waals surface area (Å²) in [7, 11) is 0. The average molecular weight is 254 g/mol. The van der Waals surface area contributed by atoms with Gasteiger partial charge >= 0.3 is 12.1 Å². The highest BCUT2D eigenvalue weighted by molar-refractivity contribution is 5.81. The first-order valence-electron chi connectivity index (χ1n) is 5.02. The van der Waals surface area contributed by atoms with Crippen LogP contribution in [0.15, 0.2) is 0 Å². The minimum Gasteiger partial charge on any atom is -0.481 e. The zero-order valence-electron chi connectivity index (χ0n) is 8.96. The number of carboxylic acid groups (broad SMARTS) is 1. The van der Waals surface area contributed by atoms with Crippen molar-refractivity contribution in [2.45, 2.75) is 19.0 Å². The molecule has 0 spiro atoms. The molecule has 1 amide bonds. The molecule has 1 aliphatic heterocycles. The zero-order chi connectivity index (χ0) is 13.3. The van der Waals surface area contributed by atoms with Crippen molar-refractivity contribution in [1.82, 2.24) is 4.90 Å². The Kier molecular flexibility index (Phi) is 3.65. The van der Waals surface area contributed by atoms with Gasteiger partial charge in [-0.2, -0.15) is 13.2 Å². The van der Waals surface area contributed by atoms with E-state index in [1.807, 2.05) is 0 Å². The van der Waals surface area contributed by atoms with Crippen LogP contribution >= 0.6 is 0 Å². The van der Waals surface area contributed by atoms with Crippen molar-refractivity contribution in [3.63, 3.8) is 0 Å². The molecule has 0 radical (unpaired) electrons. The van der Waals surface area contributed by atoms with Gasteiger partial charge in [0.1, 0.15) is 0 Å². The second-order valence-corrected chi connectivity index (χ2v) is 3.99. The number of amides is 1. The molecule has 1 saturated heterocycles. The van der Waals surface area contributed by atoms with E-state index in [9.17, 15) is 22.8 Å². The first-order chi connectivity index (χ1) is 7.74. The molecule has 5 nitrogen and oxygen atoms in total. The van der Waals surface area contributed by atoms with Crippen LogP contribution in [0.2, 0.25) is 0 Å². The molecular formula is C9H13F3N2O3. The third kappa shape index (κ3) is 2.36. The molecule has 17 heavy (non-hydrogen) atoms. The molecule has 0 aliphatic carbocycles. The average Bonchev–Trinajstić information content (AvgIpc) is 2.62. The smallest absolute Gasteiger partial charge is 0.406 e. The fourth-order valence-corrected chi connectivity index (χ4v) is 1.83. The van der Waals surface area contributed by atoms with Gasteiger partial charge in [0.25, 0.3) is 0 Å². The van der Waals surface area contributed by atoms with Crippen molar-refractivity contribution in [1.29, 1.82) is 0 Å². The summed E-state index contributed by atoms with van der Waals surface area (Å²) in [6, 6.07) is 0. The van der Waals surface area contributed by atoms with Crippen LogP contribution in [0.4, 0.5) is 13.2 Å². The monoisotopic (exact) mass is 254 g/mol. The van der Waals surface area contributed by atoms with Crippen LogP contribution in [-0.4, -0.2) is 47.7 Å². The van der Waals surface area contributed by atoms with Gasteiger partial charge in [0, 0.05) is 26.1 Å². The number of hydrogen-bond acceptors (Lipinski definition) is 3. The van der Waals surface area contributed by atoms with Gasteiger partial charge in [-0.15, -0.1) is 0 Å². The lowest BCUT2D eigenvalue weighted by atomic mass is 9.86. The summed E-state index contributed by atoms with van der Waals surface area (Å²) in [5.74, 6) is -2.48. The molecule has 8 heteroatoms. The van der Waals surface area contributed by atoms with Crippen LogP contribution in [0.25, 0.3) is 0 Å². The number of hydrogen-bond donors (Lipinski definition) is 2. The SMILES string of the molecule is NCCC(=O)N1CCC(C(=O)O)(C(F)(F)F)C1. The van der Waals surface area contributed by atoms with Crippen LogP contribution in [0.5, 0.6) is 0 Å². The zero-order valence-corrected chi connectivity index (χ0v) is 8.96. The summed E-state index contributed by atoms with van der Waals surface area (Å²) in [6.45, 7) is -1.00. The number of rotatable bonds is 3. The number of aliphatic carboxylic acids is 1. The van der Waals surface area contributed by atoms with Gasteiger partial charge in [0.15, 0.2) is 5.41 Å². The molecule has 0 bridgehead atoms. The molecule has 1 rings (SSSR count). The summed E-state index contributed by atoms with van der Waals surface area (Å²) < 4.78 is 38.2. The summed E-state index contributed by atoms with van der Waals surface area (Å²) in [4.78, 5) is 23.1. The van der Waals surface area contributed by atoms with Gasteiger partial charge in [-0.05, 0) is 6.42 Å². The summed E-state index contributed by atoms with van der Waals surface area (Å²) in [5, 5.41) is 8.75. The topological polar surface area (TPSA) is 83.6 Å². The Labute approximate surface area is 95.4 Å². The van der Waals surface area contributed by atoms with Gasteiger partial charge in [0.05, 0.1) is 0 Å². The molecule has 1 unspecified atom stereocenters. The van der Waals surface area contributed by atoms with Crippen LogP contribution in [-0.2, 0) is 9.59 Å². The maximum absolute atomic E-state index is 12.7. The minimum atomic E-state index is -4.86. The molecular weight excluding hydrogens is 241 g/mol. The lowest BCUT2D eigenvalue weighted by Crippen LogP contribution is -2.47. The van der Waals surface area contributed by atoms with Crippen LogP contribution < -0.4 is 5.73 Å². The van der Waals surface area contributed by atoms with Gasteiger partial charge in [-0.25, -0.2) is 0 Å². The van der Waals surface area contributed by atoms with E-state index in [0.29, 0.717) is 0 Å². The van der Waals surface area contributed by atoms with Crippen molar-refractivity contribution in [2.75, 3.05) is 19.6 Å². The van der Waals surface area contributed by atoms with Crippen molar-refractivity contribution in [2.24, 2.45) is 11.1 Å². The van der Waals surface area contributed by atoms with E-state index in [0.717, 1.165) is 4.90 Å². The van der Waals surface area contributed by atoms with Crippen molar-refractivity contribution in [3.8, 4) is 0 Å². The molecule has 0 aromatic carbocycles. The highest BCUT2D eigenvalue weighted by atomic mass is 19.4. The standard InChI is InChI=1S/C9H13F3N2O3/c10-9(11,12)8(7(16)17)2-4-14(5-8)6(15)1-3-13/h1-5,13H2,(H,16,17). The third-order valence-corrected chi connectivity index (χ3v) is 2.93. The first kappa shape index (κ1) is 13.8. The lowest BCUT2D eigenvalue weighted by molar-refractivity contribution is -0.227. The molecule has 3 N–H and O–H groups in total. The van der Waals surface area contributed by atoms with Gasteiger partial charge in [-0.1, -0.05) is 0 Å². The summed E-state index contributed by atoms with van der Waals surface area (Å²) >= 11 is 0. The number of likely N-dealkylation sites (tertiary alicyclic amines) is 1. The molecule has 0 aromatic heterocycles. The Morgan fingerprint density at radius 2 is 2.00 bits per heavy atom. The Hall–Kier alpha value is -1.31. The largest absolute Gasteiger partial charge is 0.481 e. The highest BCUT2D eigenvalue weighted by Gasteiger charge is 2.64. The Morgan fingerprint density at radius 3 is 2.35 bits per heavy atom. The van der Waals surface area contributed by atoms with Gasteiger partial charge in [-0.3, -0.25) is 9.59 Å².